The van der Waals surface area contributed by atoms with E-state index in [9.17, 15) is 14.9 Å². The fourth-order valence-electron chi connectivity index (χ4n) is 4.67. The van der Waals surface area contributed by atoms with Crippen LogP contribution in [0.1, 0.15) is 49.0 Å². The van der Waals surface area contributed by atoms with Gasteiger partial charge in [-0.05, 0) is 43.1 Å². The third-order valence-corrected chi connectivity index (χ3v) is 7.92. The maximum atomic E-state index is 12.6. The van der Waals surface area contributed by atoms with Crippen molar-refractivity contribution in [3.63, 3.8) is 0 Å². The van der Waals surface area contributed by atoms with Gasteiger partial charge in [-0.1, -0.05) is 38.2 Å². The summed E-state index contributed by atoms with van der Waals surface area (Å²) in [5, 5.41) is 18.8. The van der Waals surface area contributed by atoms with Crippen LogP contribution in [0.2, 0.25) is 0 Å². The molecule has 0 aliphatic heterocycles. The van der Waals surface area contributed by atoms with Crippen LogP contribution in [0.3, 0.4) is 0 Å². The zero-order valence-electron chi connectivity index (χ0n) is 17.4. The minimum Gasteiger partial charge on any atom is -0.321 e. The van der Waals surface area contributed by atoms with Crippen molar-refractivity contribution >= 4 is 39.5 Å². The lowest BCUT2D eigenvalue weighted by Crippen LogP contribution is -2.33. The van der Waals surface area contributed by atoms with Gasteiger partial charge in [0, 0.05) is 29.4 Å². The maximum Gasteiger partial charge on any atom is 0.271 e. The summed E-state index contributed by atoms with van der Waals surface area (Å²) in [5.41, 5.74) is 5.49. The van der Waals surface area contributed by atoms with Crippen molar-refractivity contribution in [2.24, 2.45) is 28.3 Å². The molecule has 2 bridgehead atoms. The van der Waals surface area contributed by atoms with E-state index in [4.69, 9.17) is 0 Å². The first-order valence-corrected chi connectivity index (χ1v) is 10.8. The summed E-state index contributed by atoms with van der Waals surface area (Å²) in [6.07, 6.45) is 2.21. The number of hydrogen-bond acceptors (Lipinski definition) is 7. The molecule has 2 aliphatic rings. The van der Waals surface area contributed by atoms with E-state index in [1.54, 1.807) is 13.0 Å². The second-order valence-corrected chi connectivity index (χ2v) is 9.76. The Kier molecular flexibility index (Phi) is 5.09. The molecular weight excluding hydrogens is 402 g/mol. The minimum absolute atomic E-state index is 0.0738. The first-order valence-electron chi connectivity index (χ1n) is 10.0. The Morgan fingerprint density at radius 1 is 1.40 bits per heavy atom. The summed E-state index contributed by atoms with van der Waals surface area (Å²) in [6, 6.07) is 5.86. The van der Waals surface area contributed by atoms with Crippen molar-refractivity contribution in [2.45, 2.75) is 40.5 Å². The summed E-state index contributed by atoms with van der Waals surface area (Å²) in [6.45, 7) is 8.77. The van der Waals surface area contributed by atoms with Crippen LogP contribution in [-0.2, 0) is 0 Å². The maximum absolute atomic E-state index is 12.6. The number of nitro groups is 1. The molecule has 0 spiro atoms. The van der Waals surface area contributed by atoms with Crippen molar-refractivity contribution < 1.29 is 9.72 Å². The molecule has 0 saturated heterocycles. The average Bonchev–Trinajstić information content (AvgIpc) is 3.34. The Morgan fingerprint density at radius 2 is 2.17 bits per heavy atom. The van der Waals surface area contributed by atoms with Crippen LogP contribution >= 0.6 is 11.3 Å². The number of hydrazone groups is 1. The van der Waals surface area contributed by atoms with Crippen LogP contribution in [0.4, 0.5) is 16.5 Å². The fourth-order valence-corrected chi connectivity index (χ4v) is 5.47. The lowest BCUT2D eigenvalue weighted by molar-refractivity contribution is -0.384. The minimum atomic E-state index is -0.494. The van der Waals surface area contributed by atoms with Gasteiger partial charge >= 0.3 is 0 Å². The van der Waals surface area contributed by atoms with Gasteiger partial charge in [-0.2, -0.15) is 5.10 Å². The van der Waals surface area contributed by atoms with Crippen LogP contribution < -0.4 is 10.7 Å². The molecule has 1 amide bonds. The number of benzene rings is 1. The second-order valence-electron chi connectivity index (χ2n) is 8.76. The topological polar surface area (TPSA) is 110 Å². The smallest absolute Gasteiger partial charge is 0.271 e. The molecule has 9 heteroatoms. The van der Waals surface area contributed by atoms with Crippen molar-refractivity contribution in [3.05, 3.63) is 45.0 Å². The van der Waals surface area contributed by atoms with Crippen molar-refractivity contribution in [1.82, 2.24) is 4.98 Å². The van der Waals surface area contributed by atoms with E-state index in [0.717, 1.165) is 6.42 Å². The van der Waals surface area contributed by atoms with E-state index >= 15 is 0 Å². The Bertz CT molecular complexity index is 1040. The summed E-state index contributed by atoms with van der Waals surface area (Å²) in [5.74, 6) is 1.44. The summed E-state index contributed by atoms with van der Waals surface area (Å²) < 4.78 is 0. The van der Waals surface area contributed by atoms with E-state index in [2.05, 4.69) is 41.6 Å². The van der Waals surface area contributed by atoms with Gasteiger partial charge in [0.25, 0.3) is 11.6 Å². The number of nitrogens with one attached hydrogen (secondary N) is 2. The number of aryl methyl sites for hydroxylation is 1. The number of thiazole rings is 1. The molecule has 8 nitrogen and oxygen atoms in total. The van der Waals surface area contributed by atoms with E-state index < -0.39 is 4.92 Å². The van der Waals surface area contributed by atoms with E-state index in [0.29, 0.717) is 44.6 Å². The number of anilines is 2. The van der Waals surface area contributed by atoms with Crippen LogP contribution in [0.25, 0.3) is 0 Å². The van der Waals surface area contributed by atoms with E-state index in [-0.39, 0.29) is 11.6 Å². The number of carbonyl (C=O) groups excluding carboxylic acids is 1. The summed E-state index contributed by atoms with van der Waals surface area (Å²) in [7, 11) is 0. The van der Waals surface area contributed by atoms with Crippen LogP contribution in [-0.4, -0.2) is 21.5 Å². The normalized spacial score (nSPS) is 25.5. The van der Waals surface area contributed by atoms with E-state index in [1.165, 1.54) is 41.7 Å². The molecule has 2 N–H and O–H groups in total. The van der Waals surface area contributed by atoms with Gasteiger partial charge in [-0.15, -0.1) is 0 Å². The highest BCUT2D eigenvalue weighted by Crippen LogP contribution is 2.57. The molecule has 2 saturated carbocycles. The van der Waals surface area contributed by atoms with Crippen LogP contribution in [0.15, 0.2) is 29.4 Å². The molecular formula is C21H25N5O3S. The van der Waals surface area contributed by atoms with Gasteiger partial charge in [0.15, 0.2) is 0 Å². The third-order valence-electron chi connectivity index (χ3n) is 6.86. The quantitative estimate of drug-likeness (QED) is 0.511. The van der Waals surface area contributed by atoms with Crippen molar-refractivity contribution in [2.75, 3.05) is 10.7 Å². The summed E-state index contributed by atoms with van der Waals surface area (Å²) >= 11 is 1.23. The van der Waals surface area contributed by atoms with Gasteiger partial charge in [0.2, 0.25) is 5.13 Å². The molecule has 1 heterocycles. The first-order chi connectivity index (χ1) is 14.2. The van der Waals surface area contributed by atoms with Crippen LogP contribution in [0, 0.1) is 40.2 Å². The van der Waals surface area contributed by atoms with Crippen LogP contribution in [0.5, 0.6) is 0 Å². The number of carbonyl (C=O) groups is 1. The molecule has 1 aromatic heterocycles. The number of rotatable bonds is 5. The Labute approximate surface area is 178 Å². The Balaban J connectivity index is 1.44. The van der Waals surface area contributed by atoms with Gasteiger partial charge in [-0.25, -0.2) is 4.98 Å². The number of amides is 1. The van der Waals surface area contributed by atoms with Gasteiger partial charge in [-0.3, -0.25) is 20.3 Å². The molecule has 4 rings (SSSR count). The molecule has 0 unspecified atom stereocenters. The zero-order chi connectivity index (χ0) is 21.6. The zero-order valence-corrected chi connectivity index (χ0v) is 18.2. The van der Waals surface area contributed by atoms with Gasteiger partial charge in [0.1, 0.15) is 4.88 Å². The lowest BCUT2D eigenvalue weighted by Gasteiger charge is -2.36. The van der Waals surface area contributed by atoms with E-state index in [1.807, 2.05) is 0 Å². The average molecular weight is 428 g/mol. The Morgan fingerprint density at radius 3 is 2.83 bits per heavy atom. The van der Waals surface area contributed by atoms with Crippen molar-refractivity contribution in [3.8, 4) is 0 Å². The number of aromatic nitrogens is 1. The molecule has 30 heavy (non-hydrogen) atoms. The number of nitrogens with zero attached hydrogens (tertiary/aromatic N) is 3. The molecule has 158 valence electrons. The second kappa shape index (κ2) is 7.46. The first kappa shape index (κ1) is 20.5. The molecule has 2 fully saturated rings. The van der Waals surface area contributed by atoms with Gasteiger partial charge < -0.3 is 5.32 Å². The highest BCUT2D eigenvalue weighted by molar-refractivity contribution is 7.17. The van der Waals surface area contributed by atoms with Crippen molar-refractivity contribution in [1.29, 1.82) is 0 Å². The number of nitro benzene ring substituents is 1. The van der Waals surface area contributed by atoms with Gasteiger partial charge in [0.05, 0.1) is 10.6 Å². The SMILES string of the molecule is Cc1nc(N/N=C2\C[C@H]3C[C@@H]2[C@H](C)C3(C)C)sc1C(=O)Nc1cccc([N+](=O)[O-])c1. The monoisotopic (exact) mass is 427 g/mol. The highest BCUT2D eigenvalue weighted by Gasteiger charge is 2.53. The third kappa shape index (κ3) is 3.58. The number of hydrogen-bond donors (Lipinski definition) is 2. The molecule has 1 aromatic carbocycles. The molecule has 3 atom stereocenters. The standard InChI is InChI=1S/C21H25N5O3S/c1-11-16-8-13(21(11,3)4)9-17(16)24-25-20-22-12(2)18(30-20)19(27)23-14-6-5-7-15(10-14)26(28)29/h5-7,10-11,13,16H,8-9H2,1-4H3,(H,22,25)(H,23,27)/b24-17+/t11-,13+,16+/m0/s1. The predicted molar refractivity (Wildman–Crippen MR) is 118 cm³/mol. The number of non-ortho nitro benzene ring substituents is 1. The number of fused-ring (bicyclic) bond motifs is 2. The molecule has 2 aromatic rings. The fraction of sp³-hybridized carbons (Fsp3) is 0.476. The molecule has 0 radical (unpaired) electrons. The Hall–Kier alpha value is -2.81. The lowest BCUT2D eigenvalue weighted by atomic mass is 9.69. The summed E-state index contributed by atoms with van der Waals surface area (Å²) in [4.78, 5) is 27.9. The predicted octanol–water partition coefficient (Wildman–Crippen LogP) is 5.08. The highest BCUT2D eigenvalue weighted by atomic mass is 32.1. The largest absolute Gasteiger partial charge is 0.321 e. The molecule has 2 aliphatic carbocycles.